The van der Waals surface area contributed by atoms with E-state index >= 15 is 0 Å². The quantitative estimate of drug-likeness (QED) is 0.919. The van der Waals surface area contributed by atoms with E-state index in [0.717, 1.165) is 16.5 Å². The average molecular weight is 332 g/mol. The standard InChI is InChI=1S/C17H20N2O3S/c1-17(10-11-23(21,22)12-17)19(2)16(20)18-15-9-5-7-13-6-3-4-8-14(13)15/h3-9H,10-12H2,1-2H3,(H,18,20)/t17-/m0/s1. The zero-order chi connectivity index (χ0) is 16.7. The van der Waals surface area contributed by atoms with E-state index in [1.54, 1.807) is 7.05 Å². The molecule has 2 aromatic carbocycles. The van der Waals surface area contributed by atoms with Crippen molar-refractivity contribution in [2.45, 2.75) is 18.9 Å². The van der Waals surface area contributed by atoms with Gasteiger partial charge in [0.2, 0.25) is 0 Å². The molecule has 122 valence electrons. The molecule has 0 saturated carbocycles. The van der Waals surface area contributed by atoms with E-state index in [2.05, 4.69) is 5.32 Å². The van der Waals surface area contributed by atoms with Gasteiger partial charge in [0.1, 0.15) is 0 Å². The van der Waals surface area contributed by atoms with Crippen LogP contribution in [0.25, 0.3) is 10.8 Å². The highest BCUT2D eigenvalue weighted by molar-refractivity contribution is 7.91. The lowest BCUT2D eigenvalue weighted by atomic mass is 10.0. The summed E-state index contributed by atoms with van der Waals surface area (Å²) < 4.78 is 23.5. The van der Waals surface area contributed by atoms with E-state index < -0.39 is 15.4 Å². The molecule has 1 heterocycles. The molecule has 1 fully saturated rings. The van der Waals surface area contributed by atoms with Gasteiger partial charge in [0.25, 0.3) is 0 Å². The van der Waals surface area contributed by atoms with E-state index in [4.69, 9.17) is 0 Å². The van der Waals surface area contributed by atoms with Crippen LogP contribution in [0.4, 0.5) is 10.5 Å². The van der Waals surface area contributed by atoms with E-state index in [9.17, 15) is 13.2 Å². The Balaban J connectivity index is 1.84. The highest BCUT2D eigenvalue weighted by atomic mass is 32.2. The van der Waals surface area contributed by atoms with E-state index in [1.165, 1.54) is 4.90 Å². The number of sulfone groups is 1. The SMILES string of the molecule is CN(C(=O)Nc1cccc2ccccc12)[C@@]1(C)CCS(=O)(=O)C1. The van der Waals surface area contributed by atoms with Gasteiger partial charge in [-0.25, -0.2) is 13.2 Å². The van der Waals surface area contributed by atoms with Gasteiger partial charge in [-0.3, -0.25) is 0 Å². The number of rotatable bonds is 2. The summed E-state index contributed by atoms with van der Waals surface area (Å²) in [6, 6.07) is 13.2. The second kappa shape index (κ2) is 5.53. The Morgan fingerprint density at radius 2 is 1.87 bits per heavy atom. The lowest BCUT2D eigenvalue weighted by Crippen LogP contribution is -2.50. The Morgan fingerprint density at radius 3 is 2.57 bits per heavy atom. The Morgan fingerprint density at radius 1 is 1.17 bits per heavy atom. The molecule has 0 spiro atoms. The zero-order valence-electron chi connectivity index (χ0n) is 13.2. The maximum absolute atomic E-state index is 12.6. The van der Waals surface area contributed by atoms with Crippen molar-refractivity contribution in [3.05, 3.63) is 42.5 Å². The van der Waals surface area contributed by atoms with Crippen LogP contribution in [0.15, 0.2) is 42.5 Å². The minimum Gasteiger partial charge on any atom is -0.321 e. The fourth-order valence-electron chi connectivity index (χ4n) is 3.04. The normalized spacial score (nSPS) is 22.9. The van der Waals surface area contributed by atoms with Crippen molar-refractivity contribution >= 4 is 32.3 Å². The molecule has 1 N–H and O–H groups in total. The largest absolute Gasteiger partial charge is 0.322 e. The maximum atomic E-state index is 12.6. The summed E-state index contributed by atoms with van der Waals surface area (Å²) in [5.74, 6) is 0.148. The molecular formula is C17H20N2O3S. The first kappa shape index (κ1) is 15.8. The van der Waals surface area contributed by atoms with Crippen molar-refractivity contribution in [2.24, 2.45) is 0 Å². The fraction of sp³-hybridized carbons (Fsp3) is 0.353. The Bertz CT molecular complexity index is 858. The third kappa shape index (κ3) is 3.03. The number of nitrogens with one attached hydrogen (secondary N) is 1. The Labute approximate surface area is 136 Å². The fourth-order valence-corrected chi connectivity index (χ4v) is 5.22. The van der Waals surface area contributed by atoms with Crippen LogP contribution in [0, 0.1) is 0 Å². The maximum Gasteiger partial charge on any atom is 0.322 e. The van der Waals surface area contributed by atoms with Crippen molar-refractivity contribution in [1.29, 1.82) is 0 Å². The number of fused-ring (bicyclic) bond motifs is 1. The summed E-state index contributed by atoms with van der Waals surface area (Å²) in [6.45, 7) is 1.82. The van der Waals surface area contributed by atoms with E-state index in [1.807, 2.05) is 49.4 Å². The molecule has 5 nitrogen and oxygen atoms in total. The molecule has 1 atom stereocenters. The second-order valence-corrected chi connectivity index (χ2v) is 8.54. The molecule has 2 amide bonds. The lowest BCUT2D eigenvalue weighted by molar-refractivity contribution is 0.172. The summed E-state index contributed by atoms with van der Waals surface area (Å²) in [5.41, 5.74) is 0.0671. The van der Waals surface area contributed by atoms with Crippen molar-refractivity contribution in [2.75, 3.05) is 23.9 Å². The van der Waals surface area contributed by atoms with Crippen LogP contribution in [-0.2, 0) is 9.84 Å². The summed E-state index contributed by atoms with van der Waals surface area (Å²) in [5, 5.41) is 4.91. The minimum absolute atomic E-state index is 0.0134. The van der Waals surface area contributed by atoms with Gasteiger partial charge in [0.05, 0.1) is 22.7 Å². The summed E-state index contributed by atoms with van der Waals surface area (Å²) in [6.07, 6.45) is 0.467. The lowest BCUT2D eigenvalue weighted by Gasteiger charge is -2.34. The third-order valence-electron chi connectivity index (χ3n) is 4.63. The van der Waals surface area contributed by atoms with Gasteiger partial charge < -0.3 is 10.2 Å². The van der Waals surface area contributed by atoms with Crippen LogP contribution in [0.3, 0.4) is 0 Å². The first-order chi connectivity index (χ1) is 10.8. The number of amides is 2. The number of carbonyl (C=O) groups excluding carboxylic acids is 1. The van der Waals surface area contributed by atoms with Gasteiger partial charge in [-0.15, -0.1) is 0 Å². The third-order valence-corrected chi connectivity index (χ3v) is 6.52. The minimum atomic E-state index is -3.06. The summed E-state index contributed by atoms with van der Waals surface area (Å²) in [4.78, 5) is 14.1. The molecule has 23 heavy (non-hydrogen) atoms. The molecule has 1 saturated heterocycles. The summed E-state index contributed by atoms with van der Waals surface area (Å²) in [7, 11) is -1.41. The number of benzene rings is 2. The van der Waals surface area contributed by atoms with Crippen molar-refractivity contribution in [3.63, 3.8) is 0 Å². The molecule has 6 heteroatoms. The molecule has 0 unspecified atom stereocenters. The molecule has 0 bridgehead atoms. The van der Waals surface area contributed by atoms with Gasteiger partial charge in [0, 0.05) is 12.4 Å². The van der Waals surface area contributed by atoms with Gasteiger partial charge in [-0.1, -0.05) is 36.4 Å². The molecule has 2 aromatic rings. The van der Waals surface area contributed by atoms with E-state index in [0.29, 0.717) is 6.42 Å². The van der Waals surface area contributed by atoms with Gasteiger partial charge in [-0.2, -0.15) is 0 Å². The number of carbonyl (C=O) groups is 1. The molecule has 3 rings (SSSR count). The van der Waals surface area contributed by atoms with Gasteiger partial charge in [0.15, 0.2) is 9.84 Å². The highest BCUT2D eigenvalue weighted by Gasteiger charge is 2.43. The molecule has 0 aromatic heterocycles. The second-order valence-electron chi connectivity index (χ2n) is 6.35. The number of urea groups is 1. The number of nitrogens with zero attached hydrogens (tertiary/aromatic N) is 1. The topological polar surface area (TPSA) is 66.5 Å². The van der Waals surface area contributed by atoms with Crippen LogP contribution < -0.4 is 5.32 Å². The first-order valence-corrected chi connectivity index (χ1v) is 9.36. The van der Waals surface area contributed by atoms with Crippen molar-refractivity contribution in [3.8, 4) is 0 Å². The zero-order valence-corrected chi connectivity index (χ0v) is 14.1. The Hall–Kier alpha value is -2.08. The van der Waals surface area contributed by atoms with Crippen LogP contribution in [-0.4, -0.2) is 43.4 Å². The van der Waals surface area contributed by atoms with Crippen molar-refractivity contribution in [1.82, 2.24) is 4.90 Å². The van der Waals surface area contributed by atoms with Gasteiger partial charge in [-0.05, 0) is 24.8 Å². The van der Waals surface area contributed by atoms with Gasteiger partial charge >= 0.3 is 6.03 Å². The predicted molar refractivity (Wildman–Crippen MR) is 92.4 cm³/mol. The predicted octanol–water partition coefficient (Wildman–Crippen LogP) is 2.88. The smallest absolute Gasteiger partial charge is 0.321 e. The molecule has 0 aliphatic carbocycles. The summed E-state index contributed by atoms with van der Waals surface area (Å²) >= 11 is 0. The molecular weight excluding hydrogens is 312 g/mol. The van der Waals surface area contributed by atoms with Crippen molar-refractivity contribution < 1.29 is 13.2 Å². The average Bonchev–Trinajstić information content (AvgIpc) is 2.81. The van der Waals surface area contributed by atoms with Crippen LogP contribution in [0.1, 0.15) is 13.3 Å². The van der Waals surface area contributed by atoms with Crippen LogP contribution in [0.2, 0.25) is 0 Å². The first-order valence-electron chi connectivity index (χ1n) is 7.54. The number of anilines is 1. The Kier molecular flexibility index (Phi) is 3.80. The number of hydrogen-bond donors (Lipinski definition) is 1. The van der Waals surface area contributed by atoms with Crippen LogP contribution >= 0.6 is 0 Å². The van der Waals surface area contributed by atoms with E-state index in [-0.39, 0.29) is 17.5 Å². The monoisotopic (exact) mass is 332 g/mol. The molecule has 1 aliphatic heterocycles. The highest BCUT2D eigenvalue weighted by Crippen LogP contribution is 2.30. The number of hydrogen-bond acceptors (Lipinski definition) is 3. The van der Waals surface area contributed by atoms with Crippen LogP contribution in [0.5, 0.6) is 0 Å². The molecule has 1 aliphatic rings. The molecule has 0 radical (unpaired) electrons.